The van der Waals surface area contributed by atoms with E-state index >= 15 is 0 Å². The third-order valence-electron chi connectivity index (χ3n) is 2.68. The largest absolute Gasteiger partial charge is 0.464 e. The van der Waals surface area contributed by atoms with E-state index in [9.17, 15) is 9.59 Å². The predicted octanol–water partition coefficient (Wildman–Crippen LogP) is 1.54. The molecule has 0 aliphatic rings. The molecule has 0 saturated carbocycles. The number of alkyl carbamates (subject to hydrolysis) is 1. The lowest BCUT2D eigenvalue weighted by atomic mass is 10.2. The molecule has 1 aromatic rings. The molecule has 1 amide bonds. The summed E-state index contributed by atoms with van der Waals surface area (Å²) in [6.45, 7) is 8.34. The highest BCUT2D eigenvalue weighted by molar-refractivity contribution is 5.88. The van der Waals surface area contributed by atoms with E-state index < -0.39 is 17.7 Å². The highest BCUT2D eigenvalue weighted by atomic mass is 16.6. The van der Waals surface area contributed by atoms with Crippen LogP contribution in [0.4, 0.5) is 4.79 Å². The number of esters is 1. The zero-order valence-electron chi connectivity index (χ0n) is 13.8. The molecule has 8 nitrogen and oxygen atoms in total. The minimum Gasteiger partial charge on any atom is -0.464 e. The molecule has 0 saturated heterocycles. The number of methoxy groups -OCH3 is 1. The Kier molecular flexibility index (Phi) is 6.33. The molecule has 0 aliphatic carbocycles. The smallest absolute Gasteiger partial charge is 0.407 e. The van der Waals surface area contributed by atoms with Crippen LogP contribution in [-0.2, 0) is 22.4 Å². The Morgan fingerprint density at radius 1 is 1.32 bits per heavy atom. The van der Waals surface area contributed by atoms with Gasteiger partial charge in [-0.25, -0.2) is 14.3 Å². The van der Waals surface area contributed by atoms with E-state index in [4.69, 9.17) is 9.47 Å². The first-order valence-corrected chi connectivity index (χ1v) is 7.26. The van der Waals surface area contributed by atoms with Crippen molar-refractivity contribution in [2.45, 2.75) is 52.7 Å². The van der Waals surface area contributed by atoms with Crippen molar-refractivity contribution in [3.8, 4) is 0 Å². The minimum atomic E-state index is -0.549. The second-order valence-corrected chi connectivity index (χ2v) is 5.78. The molecule has 0 spiro atoms. The van der Waals surface area contributed by atoms with Crippen molar-refractivity contribution in [2.24, 2.45) is 0 Å². The molecule has 0 bridgehead atoms. The Labute approximate surface area is 130 Å². The van der Waals surface area contributed by atoms with Crippen molar-refractivity contribution in [2.75, 3.05) is 13.7 Å². The molecule has 1 N–H and O–H groups in total. The highest BCUT2D eigenvalue weighted by Gasteiger charge is 2.20. The van der Waals surface area contributed by atoms with Crippen LogP contribution in [0, 0.1) is 0 Å². The average molecular weight is 312 g/mol. The van der Waals surface area contributed by atoms with Gasteiger partial charge in [0, 0.05) is 19.5 Å². The van der Waals surface area contributed by atoms with E-state index in [2.05, 4.69) is 15.6 Å². The molecular weight excluding hydrogens is 288 g/mol. The third-order valence-corrected chi connectivity index (χ3v) is 2.68. The lowest BCUT2D eigenvalue weighted by molar-refractivity contribution is 0.0528. The van der Waals surface area contributed by atoms with Crippen LogP contribution in [0.2, 0.25) is 0 Å². The van der Waals surface area contributed by atoms with E-state index in [1.807, 2.05) is 6.92 Å². The average Bonchev–Trinajstić information content (AvgIpc) is 2.79. The van der Waals surface area contributed by atoms with E-state index in [1.165, 1.54) is 7.11 Å². The number of ether oxygens (including phenoxy) is 2. The number of aryl methyl sites for hydroxylation is 1. The fourth-order valence-electron chi connectivity index (χ4n) is 1.82. The fraction of sp³-hybridized carbons (Fsp3) is 0.714. The Morgan fingerprint density at radius 2 is 2.00 bits per heavy atom. The van der Waals surface area contributed by atoms with Crippen LogP contribution in [0.25, 0.3) is 0 Å². The summed E-state index contributed by atoms with van der Waals surface area (Å²) < 4.78 is 11.5. The van der Waals surface area contributed by atoms with Gasteiger partial charge in [0.15, 0.2) is 5.69 Å². The molecule has 124 valence electrons. The normalized spacial score (nSPS) is 11.1. The Hall–Kier alpha value is -2.12. The molecule has 8 heteroatoms. The quantitative estimate of drug-likeness (QED) is 0.801. The van der Waals surface area contributed by atoms with Gasteiger partial charge in [-0.05, 0) is 27.2 Å². The number of carbonyl (C=O) groups is 2. The van der Waals surface area contributed by atoms with Crippen molar-refractivity contribution in [1.82, 2.24) is 20.3 Å². The second-order valence-electron chi connectivity index (χ2n) is 5.78. The van der Waals surface area contributed by atoms with Gasteiger partial charge in [0.1, 0.15) is 5.60 Å². The Balaban J connectivity index is 2.69. The van der Waals surface area contributed by atoms with Gasteiger partial charge >= 0.3 is 12.1 Å². The number of aromatic nitrogens is 3. The van der Waals surface area contributed by atoms with Gasteiger partial charge in [0.2, 0.25) is 0 Å². The molecule has 0 radical (unpaired) electrons. The summed E-state index contributed by atoms with van der Waals surface area (Å²) in [5, 5.41) is 10.5. The van der Waals surface area contributed by atoms with E-state index in [0.717, 1.165) is 6.42 Å². The van der Waals surface area contributed by atoms with Crippen molar-refractivity contribution in [3.05, 3.63) is 11.4 Å². The summed E-state index contributed by atoms with van der Waals surface area (Å²) in [5.41, 5.74) is 0.277. The first-order chi connectivity index (χ1) is 10.3. The Morgan fingerprint density at radius 3 is 2.55 bits per heavy atom. The van der Waals surface area contributed by atoms with E-state index in [-0.39, 0.29) is 5.69 Å². The number of nitrogens with one attached hydrogen (secondary N) is 1. The van der Waals surface area contributed by atoms with E-state index in [0.29, 0.717) is 25.2 Å². The number of nitrogens with zero attached hydrogens (tertiary/aromatic N) is 3. The number of hydrogen-bond donors (Lipinski definition) is 1. The summed E-state index contributed by atoms with van der Waals surface area (Å²) in [6, 6.07) is 0. The van der Waals surface area contributed by atoms with Crippen molar-refractivity contribution in [3.63, 3.8) is 0 Å². The number of rotatable bonds is 6. The Bertz CT molecular complexity index is 519. The van der Waals surface area contributed by atoms with Gasteiger partial charge in [-0.2, -0.15) is 0 Å². The second kappa shape index (κ2) is 7.77. The zero-order chi connectivity index (χ0) is 16.8. The van der Waals surface area contributed by atoms with Crippen LogP contribution in [0.5, 0.6) is 0 Å². The van der Waals surface area contributed by atoms with Crippen molar-refractivity contribution >= 4 is 12.1 Å². The van der Waals surface area contributed by atoms with Crippen LogP contribution in [0.1, 0.15) is 50.3 Å². The summed E-state index contributed by atoms with van der Waals surface area (Å²) >= 11 is 0. The maximum atomic E-state index is 11.7. The first kappa shape index (κ1) is 17.9. The van der Waals surface area contributed by atoms with Crippen molar-refractivity contribution < 1.29 is 19.1 Å². The third kappa shape index (κ3) is 5.34. The maximum absolute atomic E-state index is 11.7. The number of amides is 1. The molecule has 1 heterocycles. The monoisotopic (exact) mass is 312 g/mol. The van der Waals surface area contributed by atoms with Gasteiger partial charge < -0.3 is 14.8 Å². The highest BCUT2D eigenvalue weighted by Crippen LogP contribution is 2.09. The molecule has 0 fully saturated rings. The topological polar surface area (TPSA) is 95.3 Å². The summed E-state index contributed by atoms with van der Waals surface area (Å²) in [4.78, 5) is 23.3. The summed E-state index contributed by atoms with van der Waals surface area (Å²) in [6.07, 6.45) is 0.772. The van der Waals surface area contributed by atoms with Gasteiger partial charge in [-0.3, -0.25) is 0 Å². The van der Waals surface area contributed by atoms with Crippen LogP contribution in [-0.4, -0.2) is 46.3 Å². The van der Waals surface area contributed by atoms with Gasteiger partial charge in [0.25, 0.3) is 0 Å². The number of carbonyl (C=O) groups excluding carboxylic acids is 2. The maximum Gasteiger partial charge on any atom is 0.407 e. The van der Waals surface area contributed by atoms with Crippen LogP contribution < -0.4 is 5.32 Å². The summed E-state index contributed by atoms with van der Waals surface area (Å²) in [5.74, 6) is -0.533. The minimum absolute atomic E-state index is 0.182. The lowest BCUT2D eigenvalue weighted by Crippen LogP contribution is -2.34. The zero-order valence-corrected chi connectivity index (χ0v) is 13.8. The van der Waals surface area contributed by atoms with Crippen LogP contribution in [0.15, 0.2) is 0 Å². The van der Waals surface area contributed by atoms with Crippen molar-refractivity contribution in [1.29, 1.82) is 0 Å². The molecule has 0 atom stereocenters. The lowest BCUT2D eigenvalue weighted by Gasteiger charge is -2.19. The van der Waals surface area contributed by atoms with Crippen LogP contribution >= 0.6 is 0 Å². The SMILES string of the molecule is CCCn1nnc(C(=O)OC)c1CCNC(=O)OC(C)(C)C. The molecule has 1 aromatic heterocycles. The van der Waals surface area contributed by atoms with E-state index in [1.54, 1.807) is 25.5 Å². The number of hydrogen-bond acceptors (Lipinski definition) is 6. The molecule has 0 unspecified atom stereocenters. The predicted molar refractivity (Wildman–Crippen MR) is 79.6 cm³/mol. The standard InChI is InChI=1S/C14H24N4O4/c1-6-9-18-10(11(16-17-18)12(19)21-5)7-8-15-13(20)22-14(2,3)4/h6-9H2,1-5H3,(H,15,20). The molecule has 0 aliphatic heterocycles. The van der Waals surface area contributed by atoms with Gasteiger partial charge in [-0.15, -0.1) is 5.10 Å². The van der Waals surface area contributed by atoms with Gasteiger partial charge in [-0.1, -0.05) is 12.1 Å². The molecule has 22 heavy (non-hydrogen) atoms. The summed E-state index contributed by atoms with van der Waals surface area (Å²) in [7, 11) is 1.30. The molecule has 0 aromatic carbocycles. The molecule has 1 rings (SSSR count). The fourth-order valence-corrected chi connectivity index (χ4v) is 1.82. The van der Waals surface area contributed by atoms with Gasteiger partial charge in [0.05, 0.1) is 12.8 Å². The first-order valence-electron chi connectivity index (χ1n) is 7.26. The molecular formula is C14H24N4O4. The van der Waals surface area contributed by atoms with Crippen LogP contribution in [0.3, 0.4) is 0 Å².